The topological polar surface area (TPSA) is 85.7 Å². The second-order valence-electron chi connectivity index (χ2n) is 4.36. The van der Waals surface area contributed by atoms with Gasteiger partial charge in [-0.15, -0.1) is 0 Å². The summed E-state index contributed by atoms with van der Waals surface area (Å²) in [7, 11) is 7.53. The Kier molecular flexibility index (Phi) is 3.69. The Bertz CT molecular complexity index is 610. The number of hydrogen-bond acceptors (Lipinski definition) is 5. The highest BCUT2D eigenvalue weighted by Gasteiger charge is 2.08. The molecule has 8 heteroatoms. The van der Waals surface area contributed by atoms with E-state index in [4.69, 9.17) is 0 Å². The van der Waals surface area contributed by atoms with Crippen LogP contribution in [0.3, 0.4) is 0 Å². The monoisotopic (exact) mass is 260 g/mol. The van der Waals surface area contributed by atoms with Crippen molar-refractivity contribution in [3.05, 3.63) is 6.33 Å². The van der Waals surface area contributed by atoms with E-state index in [1.54, 1.807) is 23.9 Å². The Morgan fingerprint density at radius 1 is 1.05 bits per heavy atom. The zero-order chi connectivity index (χ0) is 13.8. The fourth-order valence-corrected chi connectivity index (χ4v) is 1.30. The number of aromatic amines is 1. The normalized spacial score (nSPS) is 11.8. The molecular weight excluding hydrogens is 244 g/mol. The minimum atomic E-state index is 0.333. The lowest BCUT2D eigenvalue weighted by atomic mass is 10.5. The molecule has 0 bridgehead atoms. The summed E-state index contributed by atoms with van der Waals surface area (Å²) in [5.41, 5.74) is 1.24. The summed E-state index contributed by atoms with van der Waals surface area (Å²) in [5, 5.41) is 0. The molecule has 0 atom stereocenters. The van der Waals surface area contributed by atoms with Crippen LogP contribution in [-0.2, 0) is 0 Å². The minimum absolute atomic E-state index is 0.333. The summed E-state index contributed by atoms with van der Waals surface area (Å²) in [6.07, 6.45) is 4.86. The van der Waals surface area contributed by atoms with Gasteiger partial charge in [0.05, 0.1) is 19.0 Å². The van der Waals surface area contributed by atoms with Gasteiger partial charge in [0.1, 0.15) is 5.52 Å². The van der Waals surface area contributed by atoms with Crippen molar-refractivity contribution in [3.63, 3.8) is 0 Å². The first-order valence-electron chi connectivity index (χ1n) is 5.68. The lowest BCUT2D eigenvalue weighted by Crippen LogP contribution is -2.08. The van der Waals surface area contributed by atoms with E-state index in [1.165, 1.54) is 0 Å². The van der Waals surface area contributed by atoms with E-state index in [0.717, 1.165) is 0 Å². The molecule has 0 unspecified atom stereocenters. The van der Waals surface area contributed by atoms with E-state index < -0.39 is 0 Å². The molecule has 0 amide bonds. The Morgan fingerprint density at radius 2 is 1.74 bits per heavy atom. The molecule has 8 nitrogen and oxygen atoms in total. The number of hydrogen-bond donors (Lipinski definition) is 1. The molecule has 0 aromatic carbocycles. The molecule has 0 aliphatic carbocycles. The maximum absolute atomic E-state index is 4.29. The van der Waals surface area contributed by atoms with Crippen LogP contribution in [0.4, 0.5) is 11.8 Å². The number of imidazole rings is 1. The molecule has 2 heterocycles. The van der Waals surface area contributed by atoms with Crippen LogP contribution in [0.25, 0.3) is 11.2 Å². The third-order valence-electron chi connectivity index (χ3n) is 2.07. The van der Waals surface area contributed by atoms with Gasteiger partial charge >= 0.3 is 0 Å². The highest BCUT2D eigenvalue weighted by Crippen LogP contribution is 2.21. The second-order valence-corrected chi connectivity index (χ2v) is 4.36. The summed E-state index contributed by atoms with van der Waals surface area (Å²) >= 11 is 0. The third-order valence-corrected chi connectivity index (χ3v) is 2.07. The van der Waals surface area contributed by atoms with Crippen LogP contribution in [0.5, 0.6) is 0 Å². The van der Waals surface area contributed by atoms with Crippen molar-refractivity contribution in [2.45, 2.75) is 0 Å². The molecule has 2 aromatic heterocycles. The van der Waals surface area contributed by atoms with E-state index in [2.05, 4.69) is 29.9 Å². The number of nitrogens with one attached hydrogen (secondary N) is 1. The van der Waals surface area contributed by atoms with E-state index in [0.29, 0.717) is 22.9 Å². The van der Waals surface area contributed by atoms with Crippen molar-refractivity contribution in [1.29, 1.82) is 0 Å². The van der Waals surface area contributed by atoms with Gasteiger partial charge in [-0.25, -0.2) is 15.0 Å². The maximum Gasteiger partial charge on any atom is 0.255 e. The first-order chi connectivity index (χ1) is 9.06. The zero-order valence-electron chi connectivity index (χ0n) is 11.4. The fourth-order valence-electron chi connectivity index (χ4n) is 1.30. The number of fused-ring (bicyclic) bond motifs is 1. The van der Waals surface area contributed by atoms with E-state index in [9.17, 15) is 0 Å². The lowest BCUT2D eigenvalue weighted by molar-refractivity contribution is 0.642. The van der Waals surface area contributed by atoms with Crippen molar-refractivity contribution in [2.24, 2.45) is 9.98 Å². The Hall–Kier alpha value is -2.51. The van der Waals surface area contributed by atoms with Crippen molar-refractivity contribution in [1.82, 2.24) is 29.7 Å². The Labute approximate surface area is 110 Å². The van der Waals surface area contributed by atoms with Gasteiger partial charge in [-0.3, -0.25) is 0 Å². The Balaban J connectivity index is 2.45. The summed E-state index contributed by atoms with van der Waals surface area (Å²) in [4.78, 5) is 27.7. The summed E-state index contributed by atoms with van der Waals surface area (Å²) in [5.74, 6) is 0.848. The summed E-state index contributed by atoms with van der Waals surface area (Å²) in [6.45, 7) is 0. The predicted octanol–water partition coefficient (Wildman–Crippen LogP) is 0.796. The second kappa shape index (κ2) is 5.42. The quantitative estimate of drug-likeness (QED) is 0.649. The summed E-state index contributed by atoms with van der Waals surface area (Å²) < 4.78 is 0. The van der Waals surface area contributed by atoms with Crippen LogP contribution in [0.1, 0.15) is 0 Å². The van der Waals surface area contributed by atoms with Crippen LogP contribution in [0.15, 0.2) is 16.3 Å². The Morgan fingerprint density at radius 3 is 2.42 bits per heavy atom. The molecule has 19 heavy (non-hydrogen) atoms. The van der Waals surface area contributed by atoms with Gasteiger partial charge < -0.3 is 14.8 Å². The number of H-pyrrole nitrogens is 1. The average molecular weight is 260 g/mol. The molecule has 1 N–H and O–H groups in total. The molecule has 100 valence electrons. The smallest absolute Gasteiger partial charge is 0.255 e. The highest BCUT2D eigenvalue weighted by molar-refractivity contribution is 5.83. The van der Waals surface area contributed by atoms with Crippen LogP contribution in [-0.4, -0.2) is 70.6 Å². The zero-order valence-corrected chi connectivity index (χ0v) is 11.4. The molecule has 2 aromatic rings. The molecule has 0 radical (unpaired) electrons. The van der Waals surface area contributed by atoms with E-state index in [1.807, 2.05) is 33.1 Å². The lowest BCUT2D eigenvalue weighted by Gasteiger charge is -2.04. The molecule has 0 aliphatic heterocycles. The molecular formula is C11H16N8. The number of aliphatic imine (C=N–C) groups is 2. The van der Waals surface area contributed by atoms with Crippen molar-refractivity contribution in [2.75, 3.05) is 28.2 Å². The van der Waals surface area contributed by atoms with Gasteiger partial charge in [0.25, 0.3) is 5.95 Å². The van der Waals surface area contributed by atoms with Crippen molar-refractivity contribution >= 4 is 35.6 Å². The van der Waals surface area contributed by atoms with Gasteiger partial charge in [0.2, 0.25) is 0 Å². The maximum atomic E-state index is 4.29. The number of nitrogens with zero attached hydrogens (tertiary/aromatic N) is 7. The fraction of sp³-hybridized carbons (Fsp3) is 0.364. The molecule has 0 aliphatic rings. The largest absolute Gasteiger partial charge is 0.369 e. The van der Waals surface area contributed by atoms with Crippen molar-refractivity contribution in [3.8, 4) is 0 Å². The standard InChI is InChI=1S/C11H16N8/c1-18(2)6-14-10-8-9(13-5-12-8)16-11(17-10)15-7-19(3)4/h5-7H,1-4H3,(H,12,13,16,17). The molecule has 0 spiro atoms. The minimum Gasteiger partial charge on any atom is -0.369 e. The predicted molar refractivity (Wildman–Crippen MR) is 75.4 cm³/mol. The molecule has 0 saturated heterocycles. The number of rotatable bonds is 4. The first kappa shape index (κ1) is 12.9. The van der Waals surface area contributed by atoms with Gasteiger partial charge in [0.15, 0.2) is 11.5 Å². The van der Waals surface area contributed by atoms with E-state index in [-0.39, 0.29) is 0 Å². The van der Waals surface area contributed by atoms with Gasteiger partial charge in [-0.1, -0.05) is 0 Å². The van der Waals surface area contributed by atoms with Crippen LogP contribution in [0, 0.1) is 0 Å². The molecule has 2 rings (SSSR count). The summed E-state index contributed by atoms with van der Waals surface area (Å²) in [6, 6.07) is 0. The van der Waals surface area contributed by atoms with Crippen molar-refractivity contribution < 1.29 is 0 Å². The molecule has 0 fully saturated rings. The van der Waals surface area contributed by atoms with Crippen LogP contribution < -0.4 is 0 Å². The number of aromatic nitrogens is 4. The first-order valence-corrected chi connectivity index (χ1v) is 5.68. The van der Waals surface area contributed by atoms with E-state index >= 15 is 0 Å². The SMILES string of the molecule is CN(C)C=Nc1nc(N=CN(C)C)c2[nH]cnc2n1. The average Bonchev–Trinajstić information content (AvgIpc) is 2.81. The van der Waals surface area contributed by atoms with Gasteiger partial charge in [0, 0.05) is 28.2 Å². The highest BCUT2D eigenvalue weighted by atomic mass is 15.2. The van der Waals surface area contributed by atoms with Gasteiger partial charge in [-0.05, 0) is 0 Å². The van der Waals surface area contributed by atoms with Crippen LogP contribution in [0.2, 0.25) is 0 Å². The van der Waals surface area contributed by atoms with Gasteiger partial charge in [-0.2, -0.15) is 9.97 Å². The molecule has 0 saturated carbocycles. The van der Waals surface area contributed by atoms with Crippen LogP contribution >= 0.6 is 0 Å². The third kappa shape index (κ3) is 3.24.